The zero-order chi connectivity index (χ0) is 23.5. The highest BCUT2D eigenvalue weighted by atomic mass is 19.1. The van der Waals surface area contributed by atoms with Crippen molar-refractivity contribution in [2.24, 2.45) is 0 Å². The Kier molecular flexibility index (Phi) is 6.70. The van der Waals surface area contributed by atoms with E-state index in [1.54, 1.807) is 29.9 Å². The first-order chi connectivity index (χ1) is 16.0. The summed E-state index contributed by atoms with van der Waals surface area (Å²) in [4.78, 5) is 17.7. The maximum absolute atomic E-state index is 14.3. The summed E-state index contributed by atoms with van der Waals surface area (Å²) in [7, 11) is 1.60. The maximum atomic E-state index is 14.3. The third-order valence-corrected chi connectivity index (χ3v) is 6.42. The van der Waals surface area contributed by atoms with Gasteiger partial charge in [0.2, 0.25) is 0 Å². The molecule has 7 heteroatoms. The number of halogens is 1. The lowest BCUT2D eigenvalue weighted by molar-refractivity contribution is 0.203. The molecule has 1 saturated heterocycles. The molecule has 0 bridgehead atoms. The summed E-state index contributed by atoms with van der Waals surface area (Å²) in [5.74, 6) is 0.394. The van der Waals surface area contributed by atoms with E-state index < -0.39 is 6.04 Å². The van der Waals surface area contributed by atoms with Crippen LogP contribution in [0.3, 0.4) is 0 Å². The van der Waals surface area contributed by atoms with E-state index in [4.69, 9.17) is 4.74 Å². The van der Waals surface area contributed by atoms with Crippen LogP contribution in [0.15, 0.2) is 59.4 Å². The minimum absolute atomic E-state index is 0.0189. The van der Waals surface area contributed by atoms with E-state index >= 15 is 0 Å². The van der Waals surface area contributed by atoms with Crippen LogP contribution in [0.5, 0.6) is 11.5 Å². The summed E-state index contributed by atoms with van der Waals surface area (Å²) >= 11 is 0. The Labute approximate surface area is 193 Å². The lowest BCUT2D eigenvalue weighted by Crippen LogP contribution is -2.49. The number of methoxy groups -OCH3 is 1. The molecule has 1 aromatic heterocycles. The van der Waals surface area contributed by atoms with Crippen molar-refractivity contribution in [3.63, 3.8) is 0 Å². The van der Waals surface area contributed by atoms with Gasteiger partial charge in [0.25, 0.3) is 5.56 Å². The van der Waals surface area contributed by atoms with Crippen molar-refractivity contribution in [1.82, 2.24) is 9.47 Å². The summed E-state index contributed by atoms with van der Waals surface area (Å²) in [6.07, 6.45) is 0. The zero-order valence-electron chi connectivity index (χ0n) is 19.3. The first-order valence-corrected chi connectivity index (χ1v) is 11.3. The van der Waals surface area contributed by atoms with E-state index in [0.717, 1.165) is 5.56 Å². The van der Waals surface area contributed by atoms with Gasteiger partial charge in [-0.3, -0.25) is 9.69 Å². The van der Waals surface area contributed by atoms with E-state index in [2.05, 4.69) is 4.90 Å². The van der Waals surface area contributed by atoms with Gasteiger partial charge in [-0.15, -0.1) is 0 Å². The van der Waals surface area contributed by atoms with E-state index in [1.165, 1.54) is 6.07 Å². The highest BCUT2D eigenvalue weighted by Crippen LogP contribution is 2.38. The van der Waals surface area contributed by atoms with Gasteiger partial charge in [0.05, 0.1) is 24.4 Å². The Morgan fingerprint density at radius 2 is 1.73 bits per heavy atom. The molecule has 0 spiro atoms. The predicted octanol–water partition coefficient (Wildman–Crippen LogP) is 3.94. The van der Waals surface area contributed by atoms with Crippen LogP contribution in [0.2, 0.25) is 0 Å². The Morgan fingerprint density at radius 1 is 1.06 bits per heavy atom. The summed E-state index contributed by atoms with van der Waals surface area (Å²) in [6.45, 7) is 6.63. The van der Waals surface area contributed by atoms with E-state index in [-0.39, 0.29) is 17.1 Å². The van der Waals surface area contributed by atoms with Crippen molar-refractivity contribution in [3.05, 3.63) is 87.6 Å². The van der Waals surface area contributed by atoms with Crippen LogP contribution in [0, 0.1) is 12.7 Å². The van der Waals surface area contributed by atoms with Gasteiger partial charge in [-0.2, -0.15) is 0 Å². The standard InChI is InChI=1S/C26H30FN3O3/c1-4-30-18(2)17-22(31)24(26(30)32)25(19-9-5-8-12-23(19)33-3)29-15-13-28(14-16-29)21-11-7-6-10-20(21)27/h5-12,17,25,31H,4,13-16H2,1-3H3. The number of aromatic hydroxyl groups is 1. The Bertz CT molecular complexity index is 1190. The number of para-hydroxylation sites is 2. The van der Waals surface area contributed by atoms with Gasteiger partial charge in [0.1, 0.15) is 17.3 Å². The van der Waals surface area contributed by atoms with E-state index in [1.807, 2.05) is 49.1 Å². The fourth-order valence-corrected chi connectivity index (χ4v) is 4.78. The second-order valence-corrected chi connectivity index (χ2v) is 8.25. The van der Waals surface area contributed by atoms with Crippen molar-refractivity contribution in [2.75, 3.05) is 38.2 Å². The first-order valence-electron chi connectivity index (χ1n) is 11.3. The molecule has 0 aliphatic carbocycles. The van der Waals surface area contributed by atoms with Crippen LogP contribution < -0.4 is 15.2 Å². The van der Waals surface area contributed by atoms with Gasteiger partial charge in [-0.05, 0) is 38.1 Å². The number of aromatic nitrogens is 1. The van der Waals surface area contributed by atoms with Crippen LogP contribution in [-0.2, 0) is 6.54 Å². The number of benzene rings is 2. The molecule has 3 aromatic rings. The average molecular weight is 452 g/mol. The normalized spacial score (nSPS) is 15.5. The molecule has 1 unspecified atom stereocenters. The van der Waals surface area contributed by atoms with Gasteiger partial charge >= 0.3 is 0 Å². The molecule has 33 heavy (non-hydrogen) atoms. The van der Waals surface area contributed by atoms with Crippen molar-refractivity contribution >= 4 is 5.69 Å². The number of aryl methyl sites for hydroxylation is 1. The second-order valence-electron chi connectivity index (χ2n) is 8.25. The van der Waals surface area contributed by atoms with E-state index in [9.17, 15) is 14.3 Å². The molecule has 174 valence electrons. The van der Waals surface area contributed by atoms with Gasteiger partial charge in [-0.1, -0.05) is 30.3 Å². The molecule has 1 N–H and O–H groups in total. The highest BCUT2D eigenvalue weighted by molar-refractivity contribution is 5.49. The van der Waals surface area contributed by atoms with Gasteiger partial charge in [0, 0.05) is 44.0 Å². The predicted molar refractivity (Wildman–Crippen MR) is 128 cm³/mol. The van der Waals surface area contributed by atoms with Crippen LogP contribution in [0.1, 0.15) is 29.8 Å². The molecule has 1 aliphatic rings. The third kappa shape index (κ3) is 4.33. The number of nitrogens with zero attached hydrogens (tertiary/aromatic N) is 3. The molecular weight excluding hydrogens is 421 g/mol. The van der Waals surface area contributed by atoms with E-state index in [0.29, 0.717) is 55.4 Å². The fourth-order valence-electron chi connectivity index (χ4n) is 4.78. The number of hydrogen-bond acceptors (Lipinski definition) is 5. The quantitative estimate of drug-likeness (QED) is 0.615. The average Bonchev–Trinajstić information content (AvgIpc) is 2.82. The summed E-state index contributed by atoms with van der Waals surface area (Å²) in [6, 6.07) is 15.5. The van der Waals surface area contributed by atoms with Crippen LogP contribution in [0.25, 0.3) is 0 Å². The third-order valence-electron chi connectivity index (χ3n) is 6.42. The zero-order valence-corrected chi connectivity index (χ0v) is 19.3. The van der Waals surface area contributed by atoms with Crippen molar-refractivity contribution in [3.8, 4) is 11.5 Å². The number of ether oxygens (including phenoxy) is 1. The SMILES string of the molecule is CCn1c(C)cc(O)c(C(c2ccccc2OC)N2CCN(c3ccccc3F)CC2)c1=O. The molecule has 6 nitrogen and oxygen atoms in total. The first kappa shape index (κ1) is 22.9. The number of piperazine rings is 1. The van der Waals surface area contributed by atoms with Crippen LogP contribution in [-0.4, -0.2) is 47.9 Å². The number of anilines is 1. The van der Waals surface area contributed by atoms with Crippen LogP contribution >= 0.6 is 0 Å². The molecular formula is C26H30FN3O3. The molecule has 2 aromatic carbocycles. The molecule has 2 heterocycles. The molecule has 0 radical (unpaired) electrons. The summed E-state index contributed by atoms with van der Waals surface area (Å²) in [5, 5.41) is 10.9. The molecule has 1 aliphatic heterocycles. The minimum Gasteiger partial charge on any atom is -0.507 e. The lowest BCUT2D eigenvalue weighted by Gasteiger charge is -2.41. The van der Waals surface area contributed by atoms with Crippen molar-refractivity contribution < 1.29 is 14.2 Å². The second kappa shape index (κ2) is 9.67. The number of rotatable bonds is 6. The van der Waals surface area contributed by atoms with Crippen LogP contribution in [0.4, 0.5) is 10.1 Å². The monoisotopic (exact) mass is 451 g/mol. The molecule has 1 fully saturated rings. The summed E-state index contributed by atoms with van der Waals surface area (Å²) < 4.78 is 21.6. The lowest BCUT2D eigenvalue weighted by atomic mass is 9.95. The van der Waals surface area contributed by atoms with Gasteiger partial charge in [-0.25, -0.2) is 4.39 Å². The Hall–Kier alpha value is -3.32. The topological polar surface area (TPSA) is 57.9 Å². The summed E-state index contributed by atoms with van der Waals surface area (Å²) in [5.41, 5.74) is 2.25. The number of pyridine rings is 1. The van der Waals surface area contributed by atoms with Crippen molar-refractivity contribution in [2.45, 2.75) is 26.4 Å². The van der Waals surface area contributed by atoms with Gasteiger partial charge in [0.15, 0.2) is 0 Å². The molecule has 1 atom stereocenters. The number of hydrogen-bond donors (Lipinski definition) is 1. The van der Waals surface area contributed by atoms with Crippen molar-refractivity contribution in [1.29, 1.82) is 0 Å². The fraction of sp³-hybridized carbons (Fsp3) is 0.346. The minimum atomic E-state index is -0.491. The Morgan fingerprint density at radius 3 is 2.39 bits per heavy atom. The maximum Gasteiger partial charge on any atom is 0.259 e. The molecule has 4 rings (SSSR count). The van der Waals surface area contributed by atoms with Gasteiger partial charge < -0.3 is 19.3 Å². The largest absolute Gasteiger partial charge is 0.507 e. The molecule has 0 amide bonds. The smallest absolute Gasteiger partial charge is 0.259 e. The molecule has 0 saturated carbocycles. The Balaban J connectivity index is 1.76. The highest BCUT2D eigenvalue weighted by Gasteiger charge is 2.33.